The molecule has 1 atom stereocenters. The van der Waals surface area contributed by atoms with Gasteiger partial charge in [-0.15, -0.1) is 0 Å². The SMILES string of the molecule is N#Cc1cccc(-c2cccc(-c3cn(C4CCCN4C#N)cn3)c2F)c1. The van der Waals surface area contributed by atoms with Gasteiger partial charge in [0.05, 0.1) is 23.7 Å². The lowest BCUT2D eigenvalue weighted by atomic mass is 9.99. The van der Waals surface area contributed by atoms with Gasteiger partial charge in [0.2, 0.25) is 0 Å². The van der Waals surface area contributed by atoms with Crippen LogP contribution in [0.3, 0.4) is 0 Å². The fraction of sp³-hybridized carbons (Fsp3) is 0.190. The lowest BCUT2D eigenvalue weighted by molar-refractivity contribution is 0.281. The highest BCUT2D eigenvalue weighted by atomic mass is 19.1. The van der Waals surface area contributed by atoms with Crippen molar-refractivity contribution >= 4 is 0 Å². The number of halogens is 1. The van der Waals surface area contributed by atoms with Crippen molar-refractivity contribution in [3.63, 3.8) is 0 Å². The van der Waals surface area contributed by atoms with Crippen molar-refractivity contribution in [2.45, 2.75) is 19.0 Å². The number of hydrogen-bond donors (Lipinski definition) is 0. The molecule has 132 valence electrons. The Labute approximate surface area is 156 Å². The maximum Gasteiger partial charge on any atom is 0.181 e. The fourth-order valence-electron chi connectivity index (χ4n) is 3.52. The second kappa shape index (κ2) is 6.93. The van der Waals surface area contributed by atoms with E-state index in [1.807, 2.05) is 4.57 Å². The summed E-state index contributed by atoms with van der Waals surface area (Å²) >= 11 is 0. The summed E-state index contributed by atoms with van der Waals surface area (Å²) in [5.74, 6) is -0.374. The molecule has 0 amide bonds. The first-order valence-electron chi connectivity index (χ1n) is 8.70. The van der Waals surface area contributed by atoms with E-state index >= 15 is 4.39 Å². The van der Waals surface area contributed by atoms with Crippen molar-refractivity contribution in [2.75, 3.05) is 6.54 Å². The van der Waals surface area contributed by atoms with E-state index in [4.69, 9.17) is 5.26 Å². The standard InChI is InChI=1S/C21H16FN5/c22-21-17(16-5-1-4-15(10-16)11-23)6-2-7-18(21)19-12-27(14-25-19)20-8-3-9-26(20)13-24/h1-2,4-7,10,12,14,20H,3,8-9H2. The molecule has 3 aromatic rings. The topological polar surface area (TPSA) is 68.6 Å². The predicted octanol–water partition coefficient (Wildman–Crippen LogP) is 4.30. The number of aromatic nitrogens is 2. The molecule has 0 spiro atoms. The zero-order valence-electron chi connectivity index (χ0n) is 14.5. The Balaban J connectivity index is 1.72. The highest BCUT2D eigenvalue weighted by molar-refractivity contribution is 5.73. The quantitative estimate of drug-likeness (QED) is 0.655. The number of nitrogens with zero attached hydrogens (tertiary/aromatic N) is 5. The van der Waals surface area contributed by atoms with Gasteiger partial charge in [-0.3, -0.25) is 4.90 Å². The van der Waals surface area contributed by atoms with Crippen LogP contribution in [0.25, 0.3) is 22.4 Å². The third kappa shape index (κ3) is 3.02. The van der Waals surface area contributed by atoms with Gasteiger partial charge in [0, 0.05) is 23.9 Å². The molecule has 0 N–H and O–H groups in total. The molecule has 1 fully saturated rings. The molecule has 1 unspecified atom stereocenters. The van der Waals surface area contributed by atoms with Crippen LogP contribution in [-0.4, -0.2) is 21.0 Å². The van der Waals surface area contributed by atoms with Crippen LogP contribution in [0.15, 0.2) is 55.0 Å². The van der Waals surface area contributed by atoms with Gasteiger partial charge in [-0.05, 0) is 36.6 Å². The Morgan fingerprint density at radius 3 is 2.74 bits per heavy atom. The Bertz CT molecular complexity index is 1070. The largest absolute Gasteiger partial charge is 0.315 e. The lowest BCUT2D eigenvalue weighted by Gasteiger charge is -2.19. The van der Waals surface area contributed by atoms with Crippen LogP contribution >= 0.6 is 0 Å². The maximum absolute atomic E-state index is 15.2. The molecule has 6 heteroatoms. The van der Waals surface area contributed by atoms with E-state index < -0.39 is 0 Å². The van der Waals surface area contributed by atoms with Crippen molar-refractivity contribution in [1.82, 2.24) is 14.5 Å². The normalized spacial score (nSPS) is 16.1. The molecule has 27 heavy (non-hydrogen) atoms. The summed E-state index contributed by atoms with van der Waals surface area (Å²) in [5.41, 5.74) is 2.49. The number of nitriles is 2. The van der Waals surface area contributed by atoms with Gasteiger partial charge in [0.1, 0.15) is 12.0 Å². The Kier molecular flexibility index (Phi) is 4.32. The first-order valence-corrected chi connectivity index (χ1v) is 8.70. The minimum absolute atomic E-state index is 0.0604. The molecule has 1 aromatic heterocycles. The molecule has 0 saturated carbocycles. The highest BCUT2D eigenvalue weighted by Gasteiger charge is 2.25. The monoisotopic (exact) mass is 357 g/mol. The van der Waals surface area contributed by atoms with Gasteiger partial charge in [-0.2, -0.15) is 10.5 Å². The Hall–Kier alpha value is -3.64. The summed E-state index contributed by atoms with van der Waals surface area (Å²) in [5, 5.41) is 18.3. The summed E-state index contributed by atoms with van der Waals surface area (Å²) in [7, 11) is 0. The number of rotatable bonds is 3. The smallest absolute Gasteiger partial charge is 0.181 e. The van der Waals surface area contributed by atoms with Crippen LogP contribution in [0.2, 0.25) is 0 Å². The second-order valence-corrected chi connectivity index (χ2v) is 6.48. The minimum Gasteiger partial charge on any atom is -0.315 e. The third-order valence-electron chi connectivity index (χ3n) is 4.87. The minimum atomic E-state index is -0.374. The van der Waals surface area contributed by atoms with Crippen molar-refractivity contribution in [3.8, 4) is 34.6 Å². The van der Waals surface area contributed by atoms with Gasteiger partial charge < -0.3 is 4.57 Å². The summed E-state index contributed by atoms with van der Waals surface area (Å²) in [6.07, 6.45) is 7.39. The van der Waals surface area contributed by atoms with E-state index in [9.17, 15) is 5.26 Å². The van der Waals surface area contributed by atoms with Crippen LogP contribution in [0.5, 0.6) is 0 Å². The lowest BCUT2D eigenvalue weighted by Crippen LogP contribution is -2.21. The van der Waals surface area contributed by atoms with E-state index in [-0.39, 0.29) is 12.0 Å². The van der Waals surface area contributed by atoms with E-state index in [1.165, 1.54) is 0 Å². The van der Waals surface area contributed by atoms with Crippen LogP contribution in [0.4, 0.5) is 4.39 Å². The van der Waals surface area contributed by atoms with Crippen molar-refractivity contribution in [1.29, 1.82) is 10.5 Å². The van der Waals surface area contributed by atoms with E-state index in [0.29, 0.717) is 27.9 Å². The molecule has 4 rings (SSSR count). The Morgan fingerprint density at radius 2 is 1.93 bits per heavy atom. The number of hydrogen-bond acceptors (Lipinski definition) is 4. The van der Waals surface area contributed by atoms with Gasteiger partial charge >= 0.3 is 0 Å². The zero-order chi connectivity index (χ0) is 18.8. The first-order chi connectivity index (χ1) is 13.2. The molecule has 5 nitrogen and oxygen atoms in total. The number of likely N-dealkylation sites (tertiary alicyclic amines) is 1. The van der Waals surface area contributed by atoms with E-state index in [0.717, 1.165) is 19.4 Å². The summed E-state index contributed by atoms with van der Waals surface area (Å²) in [4.78, 5) is 6.08. The molecule has 2 heterocycles. The molecule has 2 aromatic carbocycles. The van der Waals surface area contributed by atoms with Crippen LogP contribution < -0.4 is 0 Å². The first kappa shape index (κ1) is 16.8. The van der Waals surface area contributed by atoms with Gasteiger partial charge in [-0.25, -0.2) is 9.37 Å². The third-order valence-corrected chi connectivity index (χ3v) is 4.87. The van der Waals surface area contributed by atoms with Crippen LogP contribution in [0, 0.1) is 28.6 Å². The molecule has 0 radical (unpaired) electrons. The molecule has 1 saturated heterocycles. The molecule has 0 bridgehead atoms. The fourth-order valence-corrected chi connectivity index (χ4v) is 3.52. The maximum atomic E-state index is 15.2. The van der Waals surface area contributed by atoms with Crippen LogP contribution in [0.1, 0.15) is 24.6 Å². The second-order valence-electron chi connectivity index (χ2n) is 6.48. The number of imidazole rings is 1. The molecule has 1 aliphatic heterocycles. The van der Waals surface area contributed by atoms with Crippen molar-refractivity contribution in [3.05, 3.63) is 66.4 Å². The molecule has 0 aliphatic carbocycles. The zero-order valence-corrected chi connectivity index (χ0v) is 14.5. The van der Waals surface area contributed by atoms with E-state index in [1.54, 1.807) is 59.9 Å². The van der Waals surface area contributed by atoms with Crippen molar-refractivity contribution in [2.24, 2.45) is 0 Å². The summed E-state index contributed by atoms with van der Waals surface area (Å²) in [6, 6.07) is 14.1. The van der Waals surface area contributed by atoms with Crippen LogP contribution in [-0.2, 0) is 0 Å². The summed E-state index contributed by atoms with van der Waals surface area (Å²) < 4.78 is 17.1. The van der Waals surface area contributed by atoms with Gasteiger partial charge in [0.25, 0.3) is 0 Å². The average Bonchev–Trinajstić information content (AvgIpc) is 3.37. The van der Waals surface area contributed by atoms with Gasteiger partial charge in [-0.1, -0.05) is 24.3 Å². The number of benzene rings is 2. The van der Waals surface area contributed by atoms with Gasteiger partial charge in [0.15, 0.2) is 6.19 Å². The summed E-state index contributed by atoms with van der Waals surface area (Å²) in [6.45, 7) is 0.730. The highest BCUT2D eigenvalue weighted by Crippen LogP contribution is 2.32. The Morgan fingerprint density at radius 1 is 1.11 bits per heavy atom. The molecule has 1 aliphatic rings. The molecular formula is C21H16FN5. The molecular weight excluding hydrogens is 341 g/mol. The predicted molar refractivity (Wildman–Crippen MR) is 98.4 cm³/mol. The van der Waals surface area contributed by atoms with Crippen molar-refractivity contribution < 1.29 is 4.39 Å². The average molecular weight is 357 g/mol. The van der Waals surface area contributed by atoms with E-state index in [2.05, 4.69) is 17.2 Å².